The van der Waals surface area contributed by atoms with Crippen LogP contribution in [-0.2, 0) is 45.1 Å². The number of ether oxygens (including phenoxy) is 1. The normalized spacial score (nSPS) is 21.2. The van der Waals surface area contributed by atoms with Crippen LogP contribution < -0.4 is 26.0 Å². The van der Waals surface area contributed by atoms with E-state index in [1.165, 1.54) is 6.92 Å². The number of nitrogens with zero attached hydrogens (tertiary/aromatic N) is 3. The topological polar surface area (TPSA) is 177 Å². The molecule has 0 unspecified atom stereocenters. The van der Waals surface area contributed by atoms with Gasteiger partial charge in [-0.2, -0.15) is 0 Å². The number of amides is 4. The summed E-state index contributed by atoms with van der Waals surface area (Å²) >= 11 is 0. The standard InChI is InChI=1S/C32H41N7O6/c1-20(2)15-26-31(43)36-29(21(3)40)32(44)35-27(16-22-7-5-4-6-8-22)30(42)33-18-24-19-39(38-37-24)13-14-45-25-11-9-23(10-12-25)17-28(41)34-26/h4-12,19-21,26-27,29,40H,13-18H2,1-3H3,(H,33,42)(H,34,41)(H,35,44)(H,36,43)/t21-,26-,27+,29+/m1/s1. The molecule has 4 atom stereocenters. The number of aromatic nitrogens is 3. The Morgan fingerprint density at radius 3 is 2.33 bits per heavy atom. The molecule has 4 amide bonds. The van der Waals surface area contributed by atoms with Crippen molar-refractivity contribution in [3.05, 3.63) is 77.6 Å². The molecule has 2 aliphatic heterocycles. The molecule has 3 heterocycles. The summed E-state index contributed by atoms with van der Waals surface area (Å²) in [5.41, 5.74) is 2.04. The Morgan fingerprint density at radius 2 is 1.64 bits per heavy atom. The van der Waals surface area contributed by atoms with Gasteiger partial charge in [0, 0.05) is 6.42 Å². The lowest BCUT2D eigenvalue weighted by Crippen LogP contribution is -2.60. The van der Waals surface area contributed by atoms with Crippen LogP contribution in [0, 0.1) is 5.92 Å². The van der Waals surface area contributed by atoms with Crippen LogP contribution in [0.2, 0.25) is 0 Å². The molecule has 13 nitrogen and oxygen atoms in total. The second-order valence-electron chi connectivity index (χ2n) is 11.6. The number of hydrogen-bond donors (Lipinski definition) is 5. The Hall–Kier alpha value is -4.78. The van der Waals surface area contributed by atoms with E-state index in [2.05, 4.69) is 31.6 Å². The van der Waals surface area contributed by atoms with E-state index >= 15 is 0 Å². The summed E-state index contributed by atoms with van der Waals surface area (Å²) in [4.78, 5) is 53.3. The quantitative estimate of drug-likeness (QED) is 0.259. The summed E-state index contributed by atoms with van der Waals surface area (Å²) in [5, 5.41) is 29.6. The molecule has 45 heavy (non-hydrogen) atoms. The Labute approximate surface area is 262 Å². The predicted molar refractivity (Wildman–Crippen MR) is 165 cm³/mol. The Kier molecular flexibility index (Phi) is 11.6. The van der Waals surface area contributed by atoms with E-state index in [0.29, 0.717) is 31.0 Å². The molecule has 0 radical (unpaired) electrons. The average Bonchev–Trinajstić information content (AvgIpc) is 3.46. The van der Waals surface area contributed by atoms with Crippen molar-refractivity contribution in [1.29, 1.82) is 0 Å². The van der Waals surface area contributed by atoms with Gasteiger partial charge < -0.3 is 31.1 Å². The van der Waals surface area contributed by atoms with Gasteiger partial charge in [-0.1, -0.05) is 61.5 Å². The maximum Gasteiger partial charge on any atom is 0.245 e. The Bertz CT molecular complexity index is 1440. The van der Waals surface area contributed by atoms with E-state index in [-0.39, 0.29) is 31.2 Å². The summed E-state index contributed by atoms with van der Waals surface area (Å²) in [7, 11) is 0. The van der Waals surface area contributed by atoms with Crippen LogP contribution in [-0.4, -0.2) is 74.6 Å². The SMILES string of the molecule is CC(C)C[C@H]1NC(=O)Cc2ccc(cc2)OCCn2cc(nn2)CNC(=O)[C@H](Cc2ccccc2)NC(=O)[C@H]([C@@H](C)O)NC1=O. The predicted octanol–water partition coefficient (Wildman–Crippen LogP) is 0.653. The summed E-state index contributed by atoms with van der Waals surface area (Å²) in [6.07, 6.45) is 0.893. The Morgan fingerprint density at radius 1 is 0.911 bits per heavy atom. The van der Waals surface area contributed by atoms with E-state index in [1.54, 1.807) is 35.1 Å². The van der Waals surface area contributed by atoms with Gasteiger partial charge in [-0.15, -0.1) is 5.10 Å². The highest BCUT2D eigenvalue weighted by atomic mass is 16.5. The van der Waals surface area contributed by atoms with Crippen molar-refractivity contribution in [3.63, 3.8) is 0 Å². The average molecular weight is 620 g/mol. The fraction of sp³-hybridized carbons (Fsp3) is 0.438. The fourth-order valence-electron chi connectivity index (χ4n) is 4.90. The van der Waals surface area contributed by atoms with Gasteiger partial charge in [-0.3, -0.25) is 19.2 Å². The lowest BCUT2D eigenvalue weighted by atomic mass is 10.0. The third kappa shape index (κ3) is 10.1. The van der Waals surface area contributed by atoms with Gasteiger partial charge in [-0.25, -0.2) is 4.68 Å². The van der Waals surface area contributed by atoms with Crippen LogP contribution in [0.1, 0.15) is 44.0 Å². The number of fused-ring (bicyclic) bond motifs is 16. The van der Waals surface area contributed by atoms with Crippen LogP contribution in [0.4, 0.5) is 0 Å². The van der Waals surface area contributed by atoms with E-state index < -0.39 is 42.0 Å². The second-order valence-corrected chi connectivity index (χ2v) is 11.6. The molecular formula is C32H41N7O6. The van der Waals surface area contributed by atoms with Gasteiger partial charge in [0.1, 0.15) is 36.2 Å². The van der Waals surface area contributed by atoms with Crippen LogP contribution in [0.5, 0.6) is 5.75 Å². The van der Waals surface area contributed by atoms with Crippen molar-refractivity contribution in [3.8, 4) is 5.75 Å². The molecule has 0 saturated carbocycles. The minimum Gasteiger partial charge on any atom is -0.492 e. The van der Waals surface area contributed by atoms with Crippen molar-refractivity contribution in [2.24, 2.45) is 5.92 Å². The van der Waals surface area contributed by atoms with Crippen molar-refractivity contribution in [2.45, 2.75) is 77.4 Å². The van der Waals surface area contributed by atoms with E-state index in [1.807, 2.05) is 44.2 Å². The maximum absolute atomic E-state index is 13.5. The van der Waals surface area contributed by atoms with Crippen molar-refractivity contribution in [2.75, 3.05) is 6.61 Å². The zero-order valence-electron chi connectivity index (χ0n) is 25.7. The highest BCUT2D eigenvalue weighted by molar-refractivity contribution is 5.94. The largest absolute Gasteiger partial charge is 0.492 e. The molecule has 240 valence electrons. The molecule has 0 aliphatic carbocycles. The number of benzene rings is 2. The molecule has 13 heteroatoms. The van der Waals surface area contributed by atoms with Crippen molar-refractivity contribution >= 4 is 23.6 Å². The second kappa shape index (κ2) is 15.8. The molecular weight excluding hydrogens is 578 g/mol. The number of aliphatic hydroxyl groups excluding tert-OH is 1. The van der Waals surface area contributed by atoms with Crippen LogP contribution in [0.3, 0.4) is 0 Å². The zero-order valence-corrected chi connectivity index (χ0v) is 25.7. The lowest BCUT2D eigenvalue weighted by molar-refractivity contribution is -0.135. The molecule has 0 fully saturated rings. The fourth-order valence-corrected chi connectivity index (χ4v) is 4.90. The molecule has 4 bridgehead atoms. The zero-order chi connectivity index (χ0) is 32.3. The summed E-state index contributed by atoms with van der Waals surface area (Å²) in [5.74, 6) is -1.55. The van der Waals surface area contributed by atoms with Gasteiger partial charge in [0.2, 0.25) is 23.6 Å². The lowest BCUT2D eigenvalue weighted by Gasteiger charge is -2.27. The van der Waals surface area contributed by atoms with Crippen LogP contribution in [0.15, 0.2) is 60.8 Å². The van der Waals surface area contributed by atoms with Crippen molar-refractivity contribution < 1.29 is 29.0 Å². The first-order valence-corrected chi connectivity index (χ1v) is 15.1. The number of nitrogens with one attached hydrogen (secondary N) is 4. The van der Waals surface area contributed by atoms with Crippen LogP contribution >= 0.6 is 0 Å². The van der Waals surface area contributed by atoms with E-state index in [4.69, 9.17) is 4.74 Å². The number of hydrogen-bond acceptors (Lipinski definition) is 8. The van der Waals surface area contributed by atoms with E-state index in [9.17, 15) is 24.3 Å². The highest BCUT2D eigenvalue weighted by Gasteiger charge is 2.32. The molecule has 1 aromatic heterocycles. The molecule has 2 aliphatic rings. The van der Waals surface area contributed by atoms with Crippen LogP contribution in [0.25, 0.3) is 0 Å². The summed E-state index contributed by atoms with van der Waals surface area (Å²) < 4.78 is 7.41. The number of aliphatic hydroxyl groups is 1. The van der Waals surface area contributed by atoms with Gasteiger partial charge in [-0.05, 0) is 42.5 Å². The monoisotopic (exact) mass is 619 g/mol. The minimum atomic E-state index is -1.39. The van der Waals surface area contributed by atoms with Gasteiger partial charge in [0.15, 0.2) is 0 Å². The molecule has 2 aromatic carbocycles. The smallest absolute Gasteiger partial charge is 0.245 e. The molecule has 5 N–H and O–H groups in total. The van der Waals surface area contributed by atoms with E-state index in [0.717, 1.165) is 11.1 Å². The summed E-state index contributed by atoms with van der Waals surface area (Å²) in [6, 6.07) is 12.9. The molecule has 0 spiro atoms. The molecule has 3 aromatic rings. The highest BCUT2D eigenvalue weighted by Crippen LogP contribution is 2.14. The van der Waals surface area contributed by atoms with Gasteiger partial charge >= 0.3 is 0 Å². The van der Waals surface area contributed by atoms with Gasteiger partial charge in [0.05, 0.1) is 31.8 Å². The third-order valence-electron chi connectivity index (χ3n) is 7.24. The molecule has 0 saturated heterocycles. The molecule has 5 rings (SSSR count). The first-order chi connectivity index (χ1) is 21.6. The first-order valence-electron chi connectivity index (χ1n) is 15.1. The number of rotatable bonds is 5. The minimum absolute atomic E-state index is 0.0283. The number of carbonyl (C=O) groups is 4. The first kappa shape index (κ1) is 33.1. The van der Waals surface area contributed by atoms with Crippen molar-refractivity contribution in [1.82, 2.24) is 36.3 Å². The summed E-state index contributed by atoms with van der Waals surface area (Å²) in [6.45, 7) is 5.99. The maximum atomic E-state index is 13.5. The number of carbonyl (C=O) groups excluding carboxylic acids is 4. The third-order valence-corrected chi connectivity index (χ3v) is 7.24. The Balaban J connectivity index is 1.60. The van der Waals surface area contributed by atoms with Gasteiger partial charge in [0.25, 0.3) is 0 Å².